The number of rotatable bonds is 0. The van der Waals surface area contributed by atoms with Crippen molar-refractivity contribution in [2.24, 2.45) is 11.7 Å². The van der Waals surface area contributed by atoms with E-state index in [1.807, 2.05) is 0 Å². The molecule has 9 N–H and O–H groups in total. The molecule has 10 heteroatoms. The van der Waals surface area contributed by atoms with E-state index in [-0.39, 0.29) is 41.2 Å². The van der Waals surface area contributed by atoms with E-state index >= 15 is 0 Å². The van der Waals surface area contributed by atoms with Gasteiger partial charge in [0.15, 0.2) is 0 Å². The summed E-state index contributed by atoms with van der Waals surface area (Å²) in [6, 6.07) is 0. The smallest absolute Gasteiger partial charge is 0.870 e. The first-order chi connectivity index (χ1) is 3.94. The molecular weight excluding hydrogens is 194 g/mol. The van der Waals surface area contributed by atoms with E-state index in [0.717, 1.165) is 0 Å². The molecule has 0 aromatic heterocycles. The van der Waals surface area contributed by atoms with Crippen LogP contribution in [0.5, 0.6) is 0 Å². The summed E-state index contributed by atoms with van der Waals surface area (Å²) in [7, 11) is 0. The first-order valence-electron chi connectivity index (χ1n) is 1.58. The third kappa shape index (κ3) is 22.5. The Morgan fingerprint density at radius 2 is 1.33 bits per heavy atom. The summed E-state index contributed by atoms with van der Waals surface area (Å²) < 4.78 is 31.7. The van der Waals surface area contributed by atoms with Crippen molar-refractivity contribution in [1.82, 2.24) is 6.15 Å². The second kappa shape index (κ2) is 13.7. The molecule has 0 aromatic rings. The zero-order chi connectivity index (χ0) is 8.08. The summed E-state index contributed by atoms with van der Waals surface area (Å²) in [6.07, 6.45) is -5.08. The van der Waals surface area contributed by atoms with Crippen LogP contribution >= 0.6 is 0 Å². The molecular formula is C2H9F3N3NaO3. The third-order valence-corrected chi connectivity index (χ3v) is 0.243. The summed E-state index contributed by atoms with van der Waals surface area (Å²) >= 11 is 0. The minimum Gasteiger partial charge on any atom is -0.870 e. The molecule has 12 heavy (non-hydrogen) atoms. The summed E-state index contributed by atoms with van der Waals surface area (Å²) in [5.74, 6) is 5.24. The molecule has 72 valence electrons. The van der Waals surface area contributed by atoms with Crippen molar-refractivity contribution in [3.8, 4) is 0 Å². The number of hydrogen-bond donors (Lipinski definition) is 4. The zero-order valence-electron chi connectivity index (χ0n) is 6.30. The Labute approximate surface area is 88.2 Å². The predicted octanol–water partition coefficient (Wildman–Crippen LogP) is -3.56. The maximum Gasteiger partial charge on any atom is 1.00 e. The number of carbonyl (C=O) groups is 1. The molecule has 0 aliphatic rings. The van der Waals surface area contributed by atoms with Crippen LogP contribution in [0.4, 0.5) is 13.2 Å². The molecule has 6 nitrogen and oxygen atoms in total. The van der Waals surface area contributed by atoms with Crippen LogP contribution < -0.4 is 47.4 Å². The van der Waals surface area contributed by atoms with Crippen molar-refractivity contribution >= 4 is 5.97 Å². The van der Waals surface area contributed by atoms with Gasteiger partial charge in [0.25, 0.3) is 0 Å². The number of halogens is 3. The van der Waals surface area contributed by atoms with Crippen LogP contribution in [0.15, 0.2) is 0 Å². The molecule has 0 aliphatic carbocycles. The van der Waals surface area contributed by atoms with E-state index in [4.69, 9.17) is 9.90 Å². The SMILES string of the molecule is N.NN.O=C(O)C(F)(F)F.[Na+].[OH-]. The number of nitrogens with two attached hydrogens (primary N) is 2. The zero-order valence-corrected chi connectivity index (χ0v) is 8.30. The Morgan fingerprint density at radius 1 is 1.25 bits per heavy atom. The molecule has 0 rings (SSSR count). The second-order valence-electron chi connectivity index (χ2n) is 0.803. The number of aliphatic carboxylic acids is 1. The Bertz CT molecular complexity index is 99.3. The number of alkyl halides is 3. The van der Waals surface area contributed by atoms with Crippen LogP contribution in [0.25, 0.3) is 0 Å². The topological polar surface area (TPSA) is 154 Å². The number of hydrazine groups is 1. The van der Waals surface area contributed by atoms with E-state index in [0.29, 0.717) is 0 Å². The number of carboxylic acids is 1. The van der Waals surface area contributed by atoms with Crippen molar-refractivity contribution in [2.75, 3.05) is 0 Å². The second-order valence-corrected chi connectivity index (χ2v) is 0.803. The number of hydrogen-bond acceptors (Lipinski definition) is 5. The first kappa shape index (κ1) is 29.6. The predicted molar refractivity (Wildman–Crippen MR) is 29.0 cm³/mol. The third-order valence-electron chi connectivity index (χ3n) is 0.243. The number of carboxylic acid groups (broad SMARTS) is 1. The molecule has 0 saturated heterocycles. The van der Waals surface area contributed by atoms with Gasteiger partial charge in [0.05, 0.1) is 0 Å². The summed E-state index contributed by atoms with van der Waals surface area (Å²) in [6.45, 7) is 0. The molecule has 0 spiro atoms. The van der Waals surface area contributed by atoms with E-state index in [2.05, 4.69) is 11.7 Å². The standard InChI is InChI=1S/C2HF3O2.H4N2.H3N.Na.H2O/c3-2(4,5)1(6)7;1-2;;;/h(H,6,7);1-2H2;1H3;;1H2/q;;;+1;/p-1. The van der Waals surface area contributed by atoms with Crippen LogP contribution in [0, 0.1) is 0 Å². The quantitative estimate of drug-likeness (QED) is 0.181. The Kier molecular flexibility index (Phi) is 33.7. The van der Waals surface area contributed by atoms with Crippen LogP contribution in [-0.2, 0) is 4.79 Å². The van der Waals surface area contributed by atoms with Gasteiger partial charge in [-0.1, -0.05) is 0 Å². The monoisotopic (exact) mass is 203 g/mol. The van der Waals surface area contributed by atoms with Crippen LogP contribution in [0.1, 0.15) is 0 Å². The maximum atomic E-state index is 10.6. The van der Waals surface area contributed by atoms with Gasteiger partial charge in [-0.2, -0.15) is 13.2 Å². The molecule has 0 aliphatic heterocycles. The van der Waals surface area contributed by atoms with E-state index < -0.39 is 12.1 Å². The molecule has 0 fully saturated rings. The van der Waals surface area contributed by atoms with E-state index in [9.17, 15) is 13.2 Å². The minimum atomic E-state index is -5.08. The first-order valence-corrected chi connectivity index (χ1v) is 1.58. The van der Waals surface area contributed by atoms with Gasteiger partial charge in [-0.05, 0) is 0 Å². The maximum absolute atomic E-state index is 10.6. The minimum absolute atomic E-state index is 0. The molecule has 0 heterocycles. The van der Waals surface area contributed by atoms with Gasteiger partial charge in [-0.25, -0.2) is 4.79 Å². The van der Waals surface area contributed by atoms with Gasteiger partial charge in [0, 0.05) is 0 Å². The van der Waals surface area contributed by atoms with Crippen molar-refractivity contribution < 1.29 is 58.1 Å². The fourth-order valence-corrected chi connectivity index (χ4v) is 0. The van der Waals surface area contributed by atoms with Gasteiger partial charge < -0.3 is 16.7 Å². The van der Waals surface area contributed by atoms with Crippen molar-refractivity contribution in [1.29, 1.82) is 0 Å². The fraction of sp³-hybridized carbons (Fsp3) is 0.500. The van der Waals surface area contributed by atoms with Crippen LogP contribution in [-0.4, -0.2) is 22.7 Å². The van der Waals surface area contributed by atoms with Gasteiger partial charge in [0.1, 0.15) is 0 Å². The summed E-state index contributed by atoms with van der Waals surface area (Å²) in [4.78, 5) is 8.90. The molecule has 0 atom stereocenters. The van der Waals surface area contributed by atoms with Crippen molar-refractivity contribution in [3.63, 3.8) is 0 Å². The van der Waals surface area contributed by atoms with Gasteiger partial charge in [-0.15, -0.1) is 0 Å². The van der Waals surface area contributed by atoms with Crippen LogP contribution in [0.3, 0.4) is 0 Å². The van der Waals surface area contributed by atoms with E-state index in [1.54, 1.807) is 0 Å². The van der Waals surface area contributed by atoms with Crippen molar-refractivity contribution in [2.45, 2.75) is 6.18 Å². The molecule has 0 amide bonds. The average molecular weight is 203 g/mol. The Balaban J connectivity index is -0.0000000303. The molecule has 0 unspecified atom stereocenters. The van der Waals surface area contributed by atoms with Gasteiger partial charge in [-0.3, -0.25) is 11.7 Å². The molecule has 0 saturated carbocycles. The van der Waals surface area contributed by atoms with Crippen molar-refractivity contribution in [3.05, 3.63) is 0 Å². The normalized spacial score (nSPS) is 7.08. The molecule has 0 radical (unpaired) electrons. The van der Waals surface area contributed by atoms with Gasteiger partial charge in [0.2, 0.25) is 0 Å². The average Bonchev–Trinajstić information content (AvgIpc) is 1.69. The summed E-state index contributed by atoms with van der Waals surface area (Å²) in [5, 5.41) is 7.12. The molecule has 0 bridgehead atoms. The fourth-order valence-electron chi connectivity index (χ4n) is 0. The largest absolute Gasteiger partial charge is 1.00 e. The van der Waals surface area contributed by atoms with E-state index in [1.165, 1.54) is 0 Å². The molecule has 0 aromatic carbocycles. The Hall–Kier alpha value is 0.1000. The summed E-state index contributed by atoms with van der Waals surface area (Å²) in [5.41, 5.74) is 0. The Morgan fingerprint density at radius 3 is 1.33 bits per heavy atom. The van der Waals surface area contributed by atoms with Gasteiger partial charge >= 0.3 is 41.7 Å². The van der Waals surface area contributed by atoms with Crippen LogP contribution in [0.2, 0.25) is 0 Å².